The average Bonchev–Trinajstić information content (AvgIpc) is 2.29. The highest BCUT2D eigenvalue weighted by atomic mass is 16.5. The van der Waals surface area contributed by atoms with E-state index in [9.17, 15) is 9.59 Å². The van der Waals surface area contributed by atoms with Crippen molar-refractivity contribution in [3.05, 3.63) is 29.8 Å². The monoisotopic (exact) mass is 236 g/mol. The van der Waals surface area contributed by atoms with Gasteiger partial charge in [-0.2, -0.15) is 0 Å². The molecule has 5 heteroatoms. The number of rotatable bonds is 4. The SMILES string of the molecule is CCc1ccc(OC(C)C(=O)NC(N)=O)cc1. The van der Waals surface area contributed by atoms with Crippen molar-refractivity contribution in [2.75, 3.05) is 0 Å². The summed E-state index contributed by atoms with van der Waals surface area (Å²) in [5.74, 6) is 0.0198. The van der Waals surface area contributed by atoms with E-state index in [-0.39, 0.29) is 0 Å². The fraction of sp³-hybridized carbons (Fsp3) is 0.333. The zero-order valence-corrected chi connectivity index (χ0v) is 9.90. The summed E-state index contributed by atoms with van der Waals surface area (Å²) in [4.78, 5) is 21.8. The molecule has 0 heterocycles. The maximum atomic E-state index is 11.3. The van der Waals surface area contributed by atoms with Crippen molar-refractivity contribution in [3.8, 4) is 5.75 Å². The molecule has 0 saturated heterocycles. The number of aryl methyl sites for hydroxylation is 1. The maximum Gasteiger partial charge on any atom is 0.318 e. The predicted molar refractivity (Wildman–Crippen MR) is 63.6 cm³/mol. The molecule has 0 saturated carbocycles. The van der Waals surface area contributed by atoms with Gasteiger partial charge >= 0.3 is 6.03 Å². The van der Waals surface area contributed by atoms with Crippen LogP contribution in [0.5, 0.6) is 5.75 Å². The fourth-order valence-electron chi connectivity index (χ4n) is 1.28. The summed E-state index contributed by atoms with van der Waals surface area (Å²) >= 11 is 0. The maximum absolute atomic E-state index is 11.3. The van der Waals surface area contributed by atoms with Crippen LogP contribution in [0.1, 0.15) is 19.4 Å². The second-order valence-electron chi connectivity index (χ2n) is 3.61. The van der Waals surface area contributed by atoms with E-state index in [1.165, 1.54) is 5.56 Å². The average molecular weight is 236 g/mol. The largest absolute Gasteiger partial charge is 0.481 e. The third-order valence-electron chi connectivity index (χ3n) is 2.26. The lowest BCUT2D eigenvalue weighted by molar-refractivity contribution is -0.126. The third kappa shape index (κ3) is 4.14. The lowest BCUT2D eigenvalue weighted by Gasteiger charge is -2.13. The molecule has 3 N–H and O–H groups in total. The Morgan fingerprint density at radius 3 is 2.41 bits per heavy atom. The summed E-state index contributed by atoms with van der Waals surface area (Å²) in [6.45, 7) is 3.60. The minimum atomic E-state index is -0.883. The summed E-state index contributed by atoms with van der Waals surface area (Å²) < 4.78 is 5.36. The van der Waals surface area contributed by atoms with Crippen LogP contribution in [0, 0.1) is 0 Å². The summed E-state index contributed by atoms with van der Waals surface area (Å²) in [7, 11) is 0. The lowest BCUT2D eigenvalue weighted by Crippen LogP contribution is -2.42. The van der Waals surface area contributed by atoms with Gasteiger partial charge in [-0.05, 0) is 31.0 Å². The molecule has 1 aromatic rings. The molecule has 0 aliphatic carbocycles. The molecular weight excluding hydrogens is 220 g/mol. The van der Waals surface area contributed by atoms with Gasteiger partial charge < -0.3 is 10.5 Å². The van der Waals surface area contributed by atoms with Crippen LogP contribution in [0.3, 0.4) is 0 Å². The van der Waals surface area contributed by atoms with Gasteiger partial charge in [-0.3, -0.25) is 10.1 Å². The van der Waals surface area contributed by atoms with Gasteiger partial charge in [0.2, 0.25) is 0 Å². The molecule has 1 unspecified atom stereocenters. The van der Waals surface area contributed by atoms with Crippen LogP contribution in [0.25, 0.3) is 0 Å². The van der Waals surface area contributed by atoms with Gasteiger partial charge in [0.15, 0.2) is 6.10 Å². The number of hydrogen-bond donors (Lipinski definition) is 2. The molecule has 5 nitrogen and oxygen atoms in total. The molecule has 92 valence electrons. The molecule has 0 radical (unpaired) electrons. The number of amides is 3. The molecule has 1 rings (SSSR count). The van der Waals surface area contributed by atoms with Crippen LogP contribution in [0.15, 0.2) is 24.3 Å². The minimum Gasteiger partial charge on any atom is -0.481 e. The highest BCUT2D eigenvalue weighted by molar-refractivity contribution is 5.95. The number of hydrogen-bond acceptors (Lipinski definition) is 3. The van der Waals surface area contributed by atoms with Crippen molar-refractivity contribution >= 4 is 11.9 Å². The Morgan fingerprint density at radius 1 is 1.35 bits per heavy atom. The second kappa shape index (κ2) is 5.89. The molecule has 0 aromatic heterocycles. The van der Waals surface area contributed by atoms with Gasteiger partial charge in [-0.25, -0.2) is 4.79 Å². The summed E-state index contributed by atoms with van der Waals surface area (Å²) in [6.07, 6.45) is 0.174. The molecular formula is C12H16N2O3. The number of ether oxygens (including phenoxy) is 1. The number of imide groups is 1. The van der Waals surface area contributed by atoms with E-state index in [0.29, 0.717) is 5.75 Å². The van der Waals surface area contributed by atoms with E-state index in [4.69, 9.17) is 10.5 Å². The molecule has 0 aliphatic heterocycles. The van der Waals surface area contributed by atoms with Crippen LogP contribution in [-0.2, 0) is 11.2 Å². The molecule has 1 aromatic carbocycles. The summed E-state index contributed by atoms with van der Waals surface area (Å²) in [5, 5.41) is 1.96. The first kappa shape index (κ1) is 13.0. The Hall–Kier alpha value is -2.04. The van der Waals surface area contributed by atoms with Crippen molar-refractivity contribution in [1.82, 2.24) is 5.32 Å². The van der Waals surface area contributed by atoms with E-state index in [2.05, 4.69) is 6.92 Å². The van der Waals surface area contributed by atoms with E-state index in [1.807, 2.05) is 17.4 Å². The van der Waals surface area contributed by atoms with Crippen molar-refractivity contribution < 1.29 is 14.3 Å². The molecule has 0 bridgehead atoms. The Kier molecular flexibility index (Phi) is 4.51. The number of carbonyl (C=O) groups excluding carboxylic acids is 2. The van der Waals surface area contributed by atoms with E-state index >= 15 is 0 Å². The zero-order chi connectivity index (χ0) is 12.8. The van der Waals surface area contributed by atoms with Gasteiger partial charge in [-0.15, -0.1) is 0 Å². The molecule has 3 amide bonds. The van der Waals surface area contributed by atoms with Crippen molar-refractivity contribution in [2.45, 2.75) is 26.4 Å². The normalized spacial score (nSPS) is 11.6. The number of primary amides is 1. The Labute approximate surface area is 99.9 Å². The van der Waals surface area contributed by atoms with Gasteiger partial charge in [0.25, 0.3) is 5.91 Å². The second-order valence-corrected chi connectivity index (χ2v) is 3.61. The van der Waals surface area contributed by atoms with Crippen molar-refractivity contribution in [1.29, 1.82) is 0 Å². The number of carbonyl (C=O) groups is 2. The fourth-order valence-corrected chi connectivity index (χ4v) is 1.28. The molecule has 1 atom stereocenters. The summed E-state index contributed by atoms with van der Waals surface area (Å²) in [5.41, 5.74) is 6.02. The number of urea groups is 1. The van der Waals surface area contributed by atoms with Crippen LogP contribution in [0.2, 0.25) is 0 Å². The highest BCUT2D eigenvalue weighted by Gasteiger charge is 2.15. The number of nitrogens with two attached hydrogens (primary N) is 1. The van der Waals surface area contributed by atoms with Crippen molar-refractivity contribution in [2.24, 2.45) is 5.73 Å². The smallest absolute Gasteiger partial charge is 0.318 e. The molecule has 0 aliphatic rings. The highest BCUT2D eigenvalue weighted by Crippen LogP contribution is 2.14. The van der Waals surface area contributed by atoms with Crippen molar-refractivity contribution in [3.63, 3.8) is 0 Å². The Balaban J connectivity index is 2.57. The molecule has 17 heavy (non-hydrogen) atoms. The topological polar surface area (TPSA) is 81.4 Å². The predicted octanol–water partition coefficient (Wildman–Crippen LogP) is 1.21. The zero-order valence-electron chi connectivity index (χ0n) is 9.90. The van der Waals surface area contributed by atoms with E-state index in [1.54, 1.807) is 19.1 Å². The Morgan fingerprint density at radius 2 is 1.94 bits per heavy atom. The van der Waals surface area contributed by atoms with Crippen LogP contribution < -0.4 is 15.8 Å². The van der Waals surface area contributed by atoms with Gasteiger partial charge in [0.05, 0.1) is 0 Å². The van der Waals surface area contributed by atoms with Gasteiger partial charge in [0, 0.05) is 0 Å². The van der Waals surface area contributed by atoms with E-state index in [0.717, 1.165) is 6.42 Å². The first-order valence-corrected chi connectivity index (χ1v) is 5.38. The summed E-state index contributed by atoms with van der Waals surface area (Å²) in [6, 6.07) is 6.54. The van der Waals surface area contributed by atoms with E-state index < -0.39 is 18.0 Å². The van der Waals surface area contributed by atoms with Crippen LogP contribution in [0.4, 0.5) is 4.79 Å². The number of benzene rings is 1. The molecule has 0 fully saturated rings. The number of nitrogens with one attached hydrogen (secondary N) is 1. The van der Waals surface area contributed by atoms with Crippen LogP contribution >= 0.6 is 0 Å². The third-order valence-corrected chi connectivity index (χ3v) is 2.26. The van der Waals surface area contributed by atoms with Gasteiger partial charge in [-0.1, -0.05) is 19.1 Å². The lowest BCUT2D eigenvalue weighted by atomic mass is 10.2. The standard InChI is InChI=1S/C12H16N2O3/c1-3-9-4-6-10(7-5-9)17-8(2)11(15)14-12(13)16/h4-8H,3H2,1-2H3,(H3,13,14,15,16). The molecule has 0 spiro atoms. The Bertz CT molecular complexity index is 401. The first-order chi connectivity index (χ1) is 8.02. The van der Waals surface area contributed by atoms with Gasteiger partial charge in [0.1, 0.15) is 5.75 Å². The minimum absolute atomic E-state index is 0.558. The quantitative estimate of drug-likeness (QED) is 0.824. The first-order valence-electron chi connectivity index (χ1n) is 5.38. The van der Waals surface area contributed by atoms with Crippen LogP contribution in [-0.4, -0.2) is 18.0 Å².